The number of hydrogen-bond acceptors (Lipinski definition) is 5. The number of unbranched alkanes of at least 4 members (excludes halogenated alkanes) is 2. The molecule has 126 valence electrons. The van der Waals surface area contributed by atoms with E-state index in [2.05, 4.69) is 0 Å². The zero-order valence-electron chi connectivity index (χ0n) is 13.5. The molecule has 0 radical (unpaired) electrons. The van der Waals surface area contributed by atoms with E-state index in [-0.39, 0.29) is 12.4 Å². The van der Waals surface area contributed by atoms with Gasteiger partial charge in [0, 0.05) is 0 Å². The molecule has 22 heavy (non-hydrogen) atoms. The van der Waals surface area contributed by atoms with Gasteiger partial charge in [0.2, 0.25) is 0 Å². The van der Waals surface area contributed by atoms with Crippen molar-refractivity contribution in [1.82, 2.24) is 0 Å². The molecular formula is C16H27O5P. The average Bonchev–Trinajstić information content (AvgIpc) is 2.50. The number of phenolic OH excluding ortho intramolecular Hbond substituents is 1. The van der Waals surface area contributed by atoms with Crippen LogP contribution in [-0.2, 0) is 24.6 Å². The lowest BCUT2D eigenvalue weighted by Gasteiger charge is -2.18. The van der Waals surface area contributed by atoms with E-state index in [9.17, 15) is 9.67 Å². The monoisotopic (exact) mass is 330 g/mol. The van der Waals surface area contributed by atoms with Crippen LogP contribution in [0.15, 0.2) is 24.3 Å². The van der Waals surface area contributed by atoms with Gasteiger partial charge in [0.05, 0.1) is 19.8 Å². The first-order chi connectivity index (χ1) is 10.6. The lowest BCUT2D eigenvalue weighted by molar-refractivity contribution is 0.112. The minimum atomic E-state index is -3.47. The Balaban J connectivity index is 2.44. The molecule has 0 amide bonds. The van der Waals surface area contributed by atoms with E-state index in [1.54, 1.807) is 24.3 Å². The lowest BCUT2D eigenvalue weighted by Crippen LogP contribution is -2.05. The van der Waals surface area contributed by atoms with Crippen molar-refractivity contribution in [3.63, 3.8) is 0 Å². The summed E-state index contributed by atoms with van der Waals surface area (Å²) in [5, 5.41) is 9.24. The fraction of sp³-hybridized carbons (Fsp3) is 0.625. The van der Waals surface area contributed by atoms with Gasteiger partial charge in [0.25, 0.3) is 0 Å². The van der Waals surface area contributed by atoms with Gasteiger partial charge in [-0.15, -0.1) is 0 Å². The maximum absolute atomic E-state index is 12.5. The molecule has 0 aliphatic heterocycles. The lowest BCUT2D eigenvalue weighted by atomic mass is 10.2. The Labute approximate surface area is 133 Å². The molecule has 1 rings (SSSR count). The smallest absolute Gasteiger partial charge is 0.474 e. The van der Waals surface area contributed by atoms with E-state index in [0.717, 1.165) is 31.2 Å². The van der Waals surface area contributed by atoms with Gasteiger partial charge in [0.1, 0.15) is 5.75 Å². The van der Waals surface area contributed by atoms with Gasteiger partial charge in [-0.2, -0.15) is 0 Å². The number of phosphoric ester groups is 1. The summed E-state index contributed by atoms with van der Waals surface area (Å²) in [6, 6.07) is 6.84. The van der Waals surface area contributed by atoms with Crippen molar-refractivity contribution in [1.29, 1.82) is 0 Å². The molecule has 5 nitrogen and oxygen atoms in total. The van der Waals surface area contributed by atoms with Crippen LogP contribution in [0.2, 0.25) is 0 Å². The summed E-state index contributed by atoms with van der Waals surface area (Å²) < 4.78 is 28.6. The van der Waals surface area contributed by atoms with Gasteiger partial charge in [-0.3, -0.25) is 13.6 Å². The Hall–Kier alpha value is -0.870. The Morgan fingerprint density at radius 3 is 1.91 bits per heavy atom. The quantitative estimate of drug-likeness (QED) is 0.445. The summed E-state index contributed by atoms with van der Waals surface area (Å²) >= 11 is 0. The second-order valence-electron chi connectivity index (χ2n) is 5.07. The van der Waals surface area contributed by atoms with Crippen molar-refractivity contribution < 1.29 is 23.2 Å². The Morgan fingerprint density at radius 2 is 1.41 bits per heavy atom. The summed E-state index contributed by atoms with van der Waals surface area (Å²) in [5.74, 6) is 0.223. The van der Waals surface area contributed by atoms with Crippen LogP contribution in [0.1, 0.15) is 45.1 Å². The van der Waals surface area contributed by atoms with E-state index in [1.807, 2.05) is 13.8 Å². The van der Waals surface area contributed by atoms with Gasteiger partial charge >= 0.3 is 7.82 Å². The van der Waals surface area contributed by atoms with E-state index in [0.29, 0.717) is 19.6 Å². The van der Waals surface area contributed by atoms with Crippen LogP contribution >= 0.6 is 7.82 Å². The molecule has 0 heterocycles. The number of benzene rings is 1. The van der Waals surface area contributed by atoms with Crippen molar-refractivity contribution in [3.05, 3.63) is 29.8 Å². The molecular weight excluding hydrogens is 303 g/mol. The second kappa shape index (κ2) is 10.8. The zero-order chi connectivity index (χ0) is 16.3. The van der Waals surface area contributed by atoms with Crippen LogP contribution in [0.3, 0.4) is 0 Å². The molecule has 0 saturated heterocycles. The van der Waals surface area contributed by atoms with Crippen molar-refractivity contribution in [2.75, 3.05) is 19.8 Å². The highest BCUT2D eigenvalue weighted by molar-refractivity contribution is 7.48. The molecule has 0 spiro atoms. The molecule has 0 bridgehead atoms. The van der Waals surface area contributed by atoms with Gasteiger partial charge < -0.3 is 5.11 Å². The maximum atomic E-state index is 12.5. The predicted octanol–water partition coefficient (Wildman–Crippen LogP) is 4.69. The normalized spacial score (nSPS) is 11.7. The van der Waals surface area contributed by atoms with Crippen LogP contribution in [0.4, 0.5) is 0 Å². The molecule has 1 aromatic rings. The Bertz CT molecular complexity index is 432. The van der Waals surface area contributed by atoms with Crippen LogP contribution < -0.4 is 0 Å². The highest BCUT2D eigenvalue weighted by Gasteiger charge is 2.26. The largest absolute Gasteiger partial charge is 0.508 e. The fourth-order valence-electron chi connectivity index (χ4n) is 1.69. The molecule has 0 aliphatic carbocycles. The van der Waals surface area contributed by atoms with Crippen LogP contribution in [0.5, 0.6) is 5.75 Å². The van der Waals surface area contributed by atoms with Crippen LogP contribution in [0, 0.1) is 0 Å². The van der Waals surface area contributed by atoms with Crippen LogP contribution in [0.25, 0.3) is 0 Å². The van der Waals surface area contributed by atoms with Crippen molar-refractivity contribution in [2.24, 2.45) is 0 Å². The third-order valence-electron chi connectivity index (χ3n) is 3.07. The van der Waals surface area contributed by atoms with E-state index in [1.165, 1.54) is 0 Å². The van der Waals surface area contributed by atoms with E-state index in [4.69, 9.17) is 13.6 Å². The van der Waals surface area contributed by atoms with Crippen LogP contribution in [-0.4, -0.2) is 24.9 Å². The van der Waals surface area contributed by atoms with Gasteiger partial charge in [-0.1, -0.05) is 38.8 Å². The van der Waals surface area contributed by atoms with Crippen molar-refractivity contribution in [3.8, 4) is 5.75 Å². The third-order valence-corrected chi connectivity index (χ3v) is 4.57. The molecule has 0 fully saturated rings. The molecule has 6 heteroatoms. The first-order valence-corrected chi connectivity index (χ1v) is 9.37. The summed E-state index contributed by atoms with van der Waals surface area (Å²) in [7, 11) is -3.47. The predicted molar refractivity (Wildman–Crippen MR) is 87.1 cm³/mol. The molecule has 0 aliphatic rings. The van der Waals surface area contributed by atoms with Crippen molar-refractivity contribution in [2.45, 2.75) is 46.0 Å². The molecule has 0 atom stereocenters. The number of phenols is 1. The summed E-state index contributed by atoms with van der Waals surface area (Å²) in [6.45, 7) is 5.08. The minimum Gasteiger partial charge on any atom is -0.508 e. The third kappa shape index (κ3) is 7.95. The standard InChI is InChI=1S/C16H27O5P/c1-3-5-12-19-22(18,20-13-6-4-2)21-14-11-15-7-9-16(17)10-8-15/h7-10,17H,3-6,11-14H2,1-2H3. The summed E-state index contributed by atoms with van der Waals surface area (Å²) in [5.41, 5.74) is 0.992. The molecule has 0 unspecified atom stereocenters. The molecule has 1 aromatic carbocycles. The maximum Gasteiger partial charge on any atom is 0.474 e. The summed E-state index contributed by atoms with van der Waals surface area (Å²) in [4.78, 5) is 0. The van der Waals surface area contributed by atoms with Gasteiger partial charge in [0.15, 0.2) is 0 Å². The average molecular weight is 330 g/mol. The highest BCUT2D eigenvalue weighted by atomic mass is 31.2. The molecule has 1 N–H and O–H groups in total. The fourth-order valence-corrected chi connectivity index (χ4v) is 2.94. The zero-order valence-corrected chi connectivity index (χ0v) is 14.4. The first-order valence-electron chi connectivity index (χ1n) is 7.91. The topological polar surface area (TPSA) is 65.0 Å². The Morgan fingerprint density at radius 1 is 0.909 bits per heavy atom. The van der Waals surface area contributed by atoms with E-state index < -0.39 is 7.82 Å². The van der Waals surface area contributed by atoms with Gasteiger partial charge in [-0.05, 0) is 37.0 Å². The number of phosphoric acid groups is 1. The van der Waals surface area contributed by atoms with Crippen molar-refractivity contribution >= 4 is 7.82 Å². The second-order valence-corrected chi connectivity index (χ2v) is 6.74. The molecule has 0 aromatic heterocycles. The molecule has 0 saturated carbocycles. The summed E-state index contributed by atoms with van der Waals surface area (Å²) in [6.07, 6.45) is 4.15. The Kier molecular flexibility index (Phi) is 9.41. The first kappa shape index (κ1) is 19.2. The number of aromatic hydroxyl groups is 1. The van der Waals surface area contributed by atoms with E-state index >= 15 is 0 Å². The SMILES string of the molecule is CCCCOP(=O)(OCCCC)OCCc1ccc(O)cc1. The van der Waals surface area contributed by atoms with Gasteiger partial charge in [-0.25, -0.2) is 4.57 Å². The highest BCUT2D eigenvalue weighted by Crippen LogP contribution is 2.49. The number of rotatable bonds is 12. The minimum absolute atomic E-state index is 0.223. The number of hydrogen-bond donors (Lipinski definition) is 1.